The molecule has 13 aromatic carbocycles. The van der Waals surface area contributed by atoms with Gasteiger partial charge in [0.25, 0.3) is 0 Å². The summed E-state index contributed by atoms with van der Waals surface area (Å²) in [6, 6.07) is 112. The van der Waals surface area contributed by atoms with Crippen LogP contribution in [-0.4, -0.2) is 25.3 Å². The van der Waals surface area contributed by atoms with E-state index in [-0.39, 0.29) is 0 Å². The Kier molecular flexibility index (Phi) is 13.9. The Labute approximate surface area is 543 Å². The van der Waals surface area contributed by atoms with Crippen molar-refractivity contribution in [2.24, 2.45) is 0 Å². The number of fused-ring (bicyclic) bond motifs is 12. The van der Waals surface area contributed by atoms with Crippen molar-refractivity contribution < 1.29 is 0 Å². The van der Waals surface area contributed by atoms with E-state index in [0.29, 0.717) is 5.04 Å². The van der Waals surface area contributed by atoms with Crippen LogP contribution in [0.5, 0.6) is 0 Å². The summed E-state index contributed by atoms with van der Waals surface area (Å²) in [6.45, 7) is 16.7. The molecule has 444 valence electrons. The van der Waals surface area contributed by atoms with Gasteiger partial charge in [0.15, 0.2) is 8.07 Å². The van der Waals surface area contributed by atoms with Crippen molar-refractivity contribution in [3.05, 3.63) is 331 Å². The van der Waals surface area contributed by atoms with Crippen molar-refractivity contribution in [2.75, 3.05) is 0 Å². The van der Waals surface area contributed by atoms with Crippen molar-refractivity contribution in [1.82, 2.24) is 9.13 Å². The molecule has 0 spiro atoms. The molecular formula is C88H74N2Si2. The molecule has 0 saturated heterocycles. The number of para-hydroxylation sites is 2. The van der Waals surface area contributed by atoms with Crippen molar-refractivity contribution >= 4 is 85.7 Å². The maximum Gasteiger partial charge on any atom is 0.179 e. The molecule has 2 nitrogen and oxygen atoms in total. The monoisotopic (exact) mass is 1210 g/mol. The summed E-state index contributed by atoms with van der Waals surface area (Å²) in [6.07, 6.45) is 1.98. The zero-order valence-electron chi connectivity index (χ0n) is 53.6. The highest BCUT2D eigenvalue weighted by Crippen LogP contribution is 2.44. The van der Waals surface area contributed by atoms with Gasteiger partial charge in [-0.25, -0.2) is 0 Å². The van der Waals surface area contributed by atoms with E-state index in [1.54, 1.807) is 5.19 Å². The molecule has 2 heterocycles. The van der Waals surface area contributed by atoms with Gasteiger partial charge in [0.05, 0.1) is 30.1 Å². The molecule has 0 saturated carbocycles. The third kappa shape index (κ3) is 9.33. The molecule has 15 aromatic rings. The number of nitrogens with zero attached hydrogens (tertiary/aromatic N) is 2. The molecule has 4 heteroatoms. The largest absolute Gasteiger partial charge is 0.309 e. The molecule has 0 fully saturated rings. The zero-order valence-corrected chi connectivity index (χ0v) is 55.6. The lowest BCUT2D eigenvalue weighted by Crippen LogP contribution is -2.74. The number of hydrogen-bond acceptors (Lipinski definition) is 0. The highest BCUT2D eigenvalue weighted by Gasteiger charge is 2.42. The molecule has 2 aromatic heterocycles. The number of aryl methyl sites for hydroxylation is 2. The Hall–Kier alpha value is -10.1. The minimum atomic E-state index is -2.68. The minimum Gasteiger partial charge on any atom is -0.309 e. The molecule has 0 N–H and O–H groups in total. The Morgan fingerprint density at radius 3 is 1.05 bits per heavy atom. The standard InChI is InChI=1S/C57H43NSi.C31H31NSi/c1-39-16-12-14-24-50(39)43-28-32-56-54(35-43)55-36-44(51-25-15-13-17-40(51)2)29-33-57(55)58(56)45-30-26-41-34-42-27-31-49(38-53(42)52(41)37-45)59(46-18-6-3-7-19-46,47-20-8-4-9-21-47)48-22-10-5-11-23-48;1-31(2,3)33(4,5)24-17-15-22-18-21-14-16-23(19-27(21)28(22)20-24)32-29-12-8-6-10-25(29)26-11-7-9-13-30(26)32/h3-33,35-38H,34H2,1-2H3;6-17,19-20H,18H2,1-5H3. The van der Waals surface area contributed by atoms with Crippen LogP contribution in [0.15, 0.2) is 297 Å². The summed E-state index contributed by atoms with van der Waals surface area (Å²) >= 11 is 0. The van der Waals surface area contributed by atoms with Crippen LogP contribution in [0.25, 0.3) is 99.5 Å². The van der Waals surface area contributed by atoms with E-state index < -0.39 is 16.1 Å². The maximum absolute atomic E-state index is 2.68. The highest BCUT2D eigenvalue weighted by molar-refractivity contribution is 7.20. The van der Waals surface area contributed by atoms with Crippen LogP contribution in [0, 0.1) is 13.8 Å². The summed E-state index contributed by atoms with van der Waals surface area (Å²) in [7, 11) is -4.27. The molecule has 0 unspecified atom stereocenters. The maximum atomic E-state index is 2.55. The lowest BCUT2D eigenvalue weighted by Gasteiger charge is -2.37. The van der Waals surface area contributed by atoms with Crippen molar-refractivity contribution in [1.29, 1.82) is 0 Å². The Bertz CT molecular complexity index is 5120. The summed E-state index contributed by atoms with van der Waals surface area (Å²) in [4.78, 5) is 0. The molecule has 2 aliphatic carbocycles. The van der Waals surface area contributed by atoms with Gasteiger partial charge < -0.3 is 9.13 Å². The van der Waals surface area contributed by atoms with E-state index in [1.165, 1.54) is 154 Å². The van der Waals surface area contributed by atoms with Crippen LogP contribution in [0.4, 0.5) is 0 Å². The quantitative estimate of drug-likeness (QED) is 0.101. The van der Waals surface area contributed by atoms with Gasteiger partial charge in [-0.2, -0.15) is 0 Å². The van der Waals surface area contributed by atoms with Crippen LogP contribution in [0.1, 0.15) is 54.2 Å². The van der Waals surface area contributed by atoms with E-state index in [1.807, 2.05) is 0 Å². The summed E-state index contributed by atoms with van der Waals surface area (Å²) in [5.74, 6) is 0. The first-order valence-corrected chi connectivity index (χ1v) is 37.7. The Morgan fingerprint density at radius 2 is 0.630 bits per heavy atom. The fraction of sp³-hybridized carbons (Fsp3) is 0.114. The number of hydrogen-bond donors (Lipinski definition) is 0. The second kappa shape index (κ2) is 22.4. The average Bonchev–Trinajstić information content (AvgIpc) is 1.66. The average molecular weight is 1220 g/mol. The van der Waals surface area contributed by atoms with Crippen molar-refractivity contribution in [2.45, 2.75) is 65.6 Å². The van der Waals surface area contributed by atoms with E-state index in [9.17, 15) is 0 Å². The van der Waals surface area contributed by atoms with Gasteiger partial charge in [-0.05, 0) is 191 Å². The Morgan fingerprint density at radius 1 is 0.283 bits per heavy atom. The topological polar surface area (TPSA) is 9.86 Å². The van der Waals surface area contributed by atoms with Gasteiger partial charge in [0.2, 0.25) is 0 Å². The third-order valence-corrected chi connectivity index (χ3v) is 31.5. The smallest absolute Gasteiger partial charge is 0.179 e. The van der Waals surface area contributed by atoms with Crippen LogP contribution in [0.2, 0.25) is 18.1 Å². The number of benzene rings is 13. The van der Waals surface area contributed by atoms with Crippen molar-refractivity contribution in [3.8, 4) is 55.9 Å². The molecule has 0 aliphatic heterocycles. The normalized spacial score (nSPS) is 12.6. The summed E-state index contributed by atoms with van der Waals surface area (Å²) in [5.41, 5.74) is 26.2. The van der Waals surface area contributed by atoms with Gasteiger partial charge in [0, 0.05) is 32.9 Å². The Balaban J connectivity index is 0.000000172. The van der Waals surface area contributed by atoms with Crippen LogP contribution in [0.3, 0.4) is 0 Å². The summed E-state index contributed by atoms with van der Waals surface area (Å²) < 4.78 is 4.92. The molecule has 0 radical (unpaired) electrons. The van der Waals surface area contributed by atoms with E-state index in [0.717, 1.165) is 12.8 Å². The number of rotatable bonds is 9. The molecule has 92 heavy (non-hydrogen) atoms. The molecule has 0 amide bonds. The van der Waals surface area contributed by atoms with Gasteiger partial charge in [-0.15, -0.1) is 0 Å². The van der Waals surface area contributed by atoms with E-state index in [2.05, 4.69) is 354 Å². The first-order chi connectivity index (χ1) is 44.8. The molecule has 2 aliphatic rings. The lowest BCUT2D eigenvalue weighted by atomic mass is 9.97. The third-order valence-electron chi connectivity index (χ3n) is 21.2. The second-order valence-corrected chi connectivity index (χ2v) is 36.4. The minimum absolute atomic E-state index is 0.327. The SMILES string of the molecule is CC(C)(C)[Si](C)(C)c1ccc2c(c1)-c1cc(-n3c4ccccc4c4ccccc43)ccc1C2.Cc1ccccc1-c1ccc2c(c1)c1cc(-c3ccccc3C)ccc1n2-c1ccc2c(c1)-c1cc([Si](c3ccccc3)(c3ccccc3)c3ccccc3)ccc1C2. The summed E-state index contributed by atoms with van der Waals surface area (Å²) in [5, 5.41) is 12.6. The van der Waals surface area contributed by atoms with Gasteiger partial charge in [-0.3, -0.25) is 0 Å². The van der Waals surface area contributed by atoms with Crippen LogP contribution >= 0.6 is 0 Å². The zero-order chi connectivity index (χ0) is 62.5. The van der Waals surface area contributed by atoms with Gasteiger partial charge in [0.1, 0.15) is 0 Å². The second-order valence-electron chi connectivity index (χ2n) is 27.3. The van der Waals surface area contributed by atoms with Crippen molar-refractivity contribution in [3.63, 3.8) is 0 Å². The van der Waals surface area contributed by atoms with Gasteiger partial charge >= 0.3 is 0 Å². The lowest BCUT2D eigenvalue weighted by molar-refractivity contribution is 0.729. The van der Waals surface area contributed by atoms with Gasteiger partial charge in [-0.1, -0.05) is 276 Å². The van der Waals surface area contributed by atoms with E-state index >= 15 is 0 Å². The fourth-order valence-corrected chi connectivity index (χ4v) is 22.0. The van der Waals surface area contributed by atoms with Crippen LogP contribution in [-0.2, 0) is 12.8 Å². The highest BCUT2D eigenvalue weighted by atomic mass is 28.3. The predicted molar refractivity (Wildman–Crippen MR) is 399 cm³/mol. The fourth-order valence-electron chi connectivity index (χ4n) is 15.3. The first-order valence-electron chi connectivity index (χ1n) is 32.7. The number of aromatic nitrogens is 2. The predicted octanol–water partition coefficient (Wildman–Crippen LogP) is 19.8. The molecule has 17 rings (SSSR count). The van der Waals surface area contributed by atoms with E-state index in [4.69, 9.17) is 0 Å². The first kappa shape index (κ1) is 57.1. The van der Waals surface area contributed by atoms with Crippen LogP contribution < -0.4 is 25.9 Å². The molecular weight excluding hydrogens is 1140 g/mol. The molecule has 0 bridgehead atoms. The molecule has 0 atom stereocenters.